The van der Waals surface area contributed by atoms with Crippen LogP contribution in [0.5, 0.6) is 11.6 Å². The molecule has 0 unspecified atom stereocenters. The fraction of sp³-hybridized carbons (Fsp3) is 0.0714. The van der Waals surface area contributed by atoms with E-state index >= 15 is 0 Å². The van der Waals surface area contributed by atoms with E-state index in [1.807, 2.05) is 24.3 Å². The molecule has 20 heavy (non-hydrogen) atoms. The molecule has 0 amide bonds. The summed E-state index contributed by atoms with van der Waals surface area (Å²) in [6.45, 7) is 1.72. The Labute approximate surface area is 120 Å². The lowest BCUT2D eigenvalue weighted by Crippen LogP contribution is -2.01. The number of rotatable bonds is 2. The summed E-state index contributed by atoms with van der Waals surface area (Å²) in [5.74, 6) is 1.30. The number of ether oxygens (including phenoxy) is 1. The van der Waals surface area contributed by atoms with Crippen molar-refractivity contribution in [3.63, 3.8) is 0 Å². The van der Waals surface area contributed by atoms with Gasteiger partial charge in [-0.25, -0.2) is 4.98 Å². The zero-order valence-corrected chi connectivity index (χ0v) is 11.4. The van der Waals surface area contributed by atoms with E-state index in [1.54, 1.807) is 19.2 Å². The molecule has 0 fully saturated rings. The minimum absolute atomic E-state index is 0.181. The lowest BCUT2D eigenvalue weighted by molar-refractivity contribution is 0.467. The Morgan fingerprint density at radius 2 is 1.95 bits per heavy atom. The van der Waals surface area contributed by atoms with E-state index in [1.165, 1.54) is 0 Å². The molecule has 2 N–H and O–H groups in total. The van der Waals surface area contributed by atoms with E-state index in [9.17, 15) is 0 Å². The second-order valence-electron chi connectivity index (χ2n) is 4.21. The van der Waals surface area contributed by atoms with Gasteiger partial charge in [-0.1, -0.05) is 29.8 Å². The summed E-state index contributed by atoms with van der Waals surface area (Å²) in [5, 5.41) is 1.15. The SMILES string of the molecule is Cc1nc(Cl)c(N)c(Oc2cccc3cccnc23)n1. The van der Waals surface area contributed by atoms with Gasteiger partial charge in [0.1, 0.15) is 17.0 Å². The molecule has 0 aliphatic heterocycles. The third-order valence-corrected chi connectivity index (χ3v) is 3.07. The van der Waals surface area contributed by atoms with Gasteiger partial charge in [0.2, 0.25) is 5.88 Å². The molecule has 0 radical (unpaired) electrons. The van der Waals surface area contributed by atoms with Gasteiger partial charge in [0, 0.05) is 11.6 Å². The fourth-order valence-corrected chi connectivity index (χ4v) is 2.07. The Kier molecular flexibility index (Phi) is 3.12. The van der Waals surface area contributed by atoms with Crippen LogP contribution in [0.3, 0.4) is 0 Å². The van der Waals surface area contributed by atoms with Gasteiger partial charge in [-0.3, -0.25) is 4.98 Å². The van der Waals surface area contributed by atoms with Gasteiger partial charge < -0.3 is 10.5 Å². The lowest BCUT2D eigenvalue weighted by atomic mass is 10.2. The molecule has 2 aromatic heterocycles. The van der Waals surface area contributed by atoms with Crippen molar-refractivity contribution in [2.75, 3.05) is 5.73 Å². The van der Waals surface area contributed by atoms with Gasteiger partial charge in [0.15, 0.2) is 10.9 Å². The maximum Gasteiger partial charge on any atom is 0.247 e. The van der Waals surface area contributed by atoms with Crippen LogP contribution in [0.25, 0.3) is 10.9 Å². The topological polar surface area (TPSA) is 73.9 Å². The summed E-state index contributed by atoms with van der Waals surface area (Å²) in [5.41, 5.74) is 6.79. The number of hydrogen-bond donors (Lipinski definition) is 1. The second kappa shape index (κ2) is 4.94. The van der Waals surface area contributed by atoms with Crippen molar-refractivity contribution >= 4 is 28.2 Å². The molecule has 100 valence electrons. The van der Waals surface area contributed by atoms with Crippen LogP contribution in [0.1, 0.15) is 5.82 Å². The van der Waals surface area contributed by atoms with Crippen LogP contribution in [0, 0.1) is 6.92 Å². The average Bonchev–Trinajstić information content (AvgIpc) is 2.44. The van der Waals surface area contributed by atoms with E-state index in [-0.39, 0.29) is 16.7 Å². The molecule has 3 aromatic rings. The Hall–Kier alpha value is -2.40. The molecule has 0 spiro atoms. The zero-order valence-electron chi connectivity index (χ0n) is 10.7. The highest BCUT2D eigenvalue weighted by Gasteiger charge is 2.12. The number of fused-ring (bicyclic) bond motifs is 1. The summed E-state index contributed by atoms with van der Waals surface area (Å²) < 4.78 is 5.76. The maximum absolute atomic E-state index is 5.93. The van der Waals surface area contributed by atoms with Crippen LogP contribution in [0.15, 0.2) is 36.5 Å². The average molecular weight is 287 g/mol. The summed E-state index contributed by atoms with van der Waals surface area (Å²) in [6, 6.07) is 9.46. The first-order valence-electron chi connectivity index (χ1n) is 5.96. The van der Waals surface area contributed by atoms with Crippen LogP contribution in [0.4, 0.5) is 5.69 Å². The van der Waals surface area contributed by atoms with E-state index < -0.39 is 0 Å². The number of aryl methyl sites for hydroxylation is 1. The predicted octanol–water partition coefficient (Wildman–Crippen LogP) is 3.36. The van der Waals surface area contributed by atoms with Gasteiger partial charge in [-0.15, -0.1) is 0 Å². The molecule has 0 saturated carbocycles. The first-order chi connectivity index (χ1) is 9.65. The van der Waals surface area contributed by atoms with Gasteiger partial charge in [0.25, 0.3) is 0 Å². The highest BCUT2D eigenvalue weighted by Crippen LogP contribution is 2.32. The van der Waals surface area contributed by atoms with Gasteiger partial charge >= 0.3 is 0 Å². The molecule has 0 saturated heterocycles. The third-order valence-electron chi connectivity index (χ3n) is 2.78. The summed E-state index contributed by atoms with van der Waals surface area (Å²) in [7, 11) is 0. The minimum atomic E-state index is 0.181. The molecular weight excluding hydrogens is 276 g/mol. The van der Waals surface area contributed by atoms with E-state index in [0.29, 0.717) is 11.6 Å². The summed E-state index contributed by atoms with van der Waals surface area (Å²) in [4.78, 5) is 12.4. The van der Waals surface area contributed by atoms with Gasteiger partial charge in [0.05, 0.1) is 0 Å². The Balaban J connectivity index is 2.10. The normalized spacial score (nSPS) is 10.7. The van der Waals surface area contributed by atoms with Crippen LogP contribution in [0.2, 0.25) is 5.15 Å². The Bertz CT molecular complexity index is 786. The van der Waals surface area contributed by atoms with E-state index in [2.05, 4.69) is 15.0 Å². The first kappa shape index (κ1) is 12.6. The van der Waals surface area contributed by atoms with E-state index in [4.69, 9.17) is 22.1 Å². The smallest absolute Gasteiger partial charge is 0.247 e. The number of anilines is 1. The summed E-state index contributed by atoms with van der Waals surface area (Å²) in [6.07, 6.45) is 1.71. The first-order valence-corrected chi connectivity index (χ1v) is 6.34. The zero-order chi connectivity index (χ0) is 14.1. The quantitative estimate of drug-likeness (QED) is 0.731. The molecule has 0 bridgehead atoms. The highest BCUT2D eigenvalue weighted by molar-refractivity contribution is 6.32. The molecule has 3 rings (SSSR count). The summed E-state index contributed by atoms with van der Waals surface area (Å²) >= 11 is 5.93. The molecule has 6 heteroatoms. The van der Waals surface area contributed by atoms with Crippen molar-refractivity contribution in [2.45, 2.75) is 6.92 Å². The monoisotopic (exact) mass is 286 g/mol. The molecule has 0 aliphatic carbocycles. The van der Waals surface area contributed by atoms with Crippen molar-refractivity contribution in [2.24, 2.45) is 0 Å². The van der Waals surface area contributed by atoms with Gasteiger partial charge in [-0.2, -0.15) is 4.98 Å². The fourth-order valence-electron chi connectivity index (χ4n) is 1.86. The number of halogens is 1. The molecule has 1 aromatic carbocycles. The maximum atomic E-state index is 5.93. The highest BCUT2D eigenvalue weighted by atomic mass is 35.5. The molecule has 0 atom stereocenters. The number of benzene rings is 1. The van der Waals surface area contributed by atoms with Crippen LogP contribution in [-0.2, 0) is 0 Å². The van der Waals surface area contributed by atoms with Crippen molar-refractivity contribution in [3.05, 3.63) is 47.5 Å². The number of para-hydroxylation sites is 1. The Morgan fingerprint density at radius 1 is 1.15 bits per heavy atom. The van der Waals surface area contributed by atoms with Crippen LogP contribution in [-0.4, -0.2) is 15.0 Å². The number of nitrogens with zero attached hydrogens (tertiary/aromatic N) is 3. The number of hydrogen-bond acceptors (Lipinski definition) is 5. The number of aromatic nitrogens is 3. The molecular formula is C14H11ClN4O. The van der Waals surface area contributed by atoms with Crippen molar-refractivity contribution in [1.82, 2.24) is 15.0 Å². The predicted molar refractivity (Wildman–Crippen MR) is 78.0 cm³/mol. The van der Waals surface area contributed by atoms with Crippen molar-refractivity contribution < 1.29 is 4.74 Å². The Morgan fingerprint density at radius 3 is 2.80 bits per heavy atom. The molecule has 2 heterocycles. The van der Waals surface area contributed by atoms with Gasteiger partial charge in [-0.05, 0) is 19.1 Å². The van der Waals surface area contributed by atoms with Crippen molar-refractivity contribution in [1.29, 1.82) is 0 Å². The minimum Gasteiger partial charge on any atom is -0.435 e. The largest absolute Gasteiger partial charge is 0.435 e. The third kappa shape index (κ3) is 2.23. The number of nitrogen functional groups attached to an aromatic ring is 1. The second-order valence-corrected chi connectivity index (χ2v) is 4.57. The van der Waals surface area contributed by atoms with Crippen molar-refractivity contribution in [3.8, 4) is 11.6 Å². The van der Waals surface area contributed by atoms with Crippen LogP contribution < -0.4 is 10.5 Å². The lowest BCUT2D eigenvalue weighted by Gasteiger charge is -2.10. The van der Waals surface area contributed by atoms with E-state index in [0.717, 1.165) is 10.9 Å². The molecule has 5 nitrogen and oxygen atoms in total. The standard InChI is InChI=1S/C14H11ClN4O/c1-8-18-13(15)11(16)14(19-8)20-10-6-2-4-9-5-3-7-17-12(9)10/h2-7H,16H2,1H3. The number of nitrogens with two attached hydrogens (primary N) is 1. The number of pyridine rings is 1. The molecule has 0 aliphatic rings. The van der Waals surface area contributed by atoms with Crippen LogP contribution >= 0.6 is 11.6 Å².